The summed E-state index contributed by atoms with van der Waals surface area (Å²) in [5.41, 5.74) is 5.14. The minimum absolute atomic E-state index is 0.0760. The summed E-state index contributed by atoms with van der Waals surface area (Å²) in [5.74, 6) is -1.34. The highest BCUT2D eigenvalue weighted by Gasteiger charge is 2.41. The van der Waals surface area contributed by atoms with E-state index in [2.05, 4.69) is 10.6 Å². The lowest BCUT2D eigenvalue weighted by Gasteiger charge is -2.36. The highest BCUT2D eigenvalue weighted by Crippen LogP contribution is 2.42. The molecule has 2 N–H and O–H groups in total. The summed E-state index contributed by atoms with van der Waals surface area (Å²) in [6, 6.07) is 0. The van der Waals surface area contributed by atoms with Crippen LogP contribution in [0, 0.1) is 10.8 Å². The summed E-state index contributed by atoms with van der Waals surface area (Å²) in [6.45, 7) is 31.0. The van der Waals surface area contributed by atoms with Gasteiger partial charge in [-0.1, -0.05) is 135 Å². The number of Topliss-reactive ketones (excluding diaryl/α,β-unsaturated/α-hetero) is 2. The predicted octanol–water partition coefficient (Wildman–Crippen LogP) is 12.6. The first-order valence-corrected chi connectivity index (χ1v) is 24.3. The Balaban J connectivity index is 1.91. The van der Waals surface area contributed by atoms with Crippen LogP contribution < -0.4 is 10.6 Å². The van der Waals surface area contributed by atoms with Crippen LogP contribution in [-0.2, 0) is 38.1 Å². The Kier molecular flexibility index (Phi) is 23.5. The highest BCUT2D eigenvalue weighted by atomic mass is 16.6. The molecule has 0 saturated carbocycles. The van der Waals surface area contributed by atoms with E-state index in [1.165, 1.54) is 0 Å². The highest BCUT2D eigenvalue weighted by molar-refractivity contribution is 6.02. The molecule has 70 heavy (non-hydrogen) atoms. The molecule has 2 atom stereocenters. The maximum Gasteiger partial charge on any atom is 0.407 e. The van der Waals surface area contributed by atoms with Crippen molar-refractivity contribution < 1.29 is 47.7 Å². The van der Waals surface area contributed by atoms with E-state index >= 15 is 0 Å². The van der Waals surface area contributed by atoms with E-state index in [0.717, 1.165) is 33.4 Å². The summed E-state index contributed by atoms with van der Waals surface area (Å²) in [6.07, 6.45) is 26.9. The summed E-state index contributed by atoms with van der Waals surface area (Å²) < 4.78 is 21.7. The van der Waals surface area contributed by atoms with Gasteiger partial charge in [-0.15, -0.1) is 0 Å². The molecule has 0 aromatic carbocycles. The Bertz CT molecular complexity index is 2110. The molecule has 0 saturated heterocycles. The van der Waals surface area contributed by atoms with Crippen LogP contribution in [0.2, 0.25) is 0 Å². The monoisotopic (exact) mass is 967 g/mol. The van der Waals surface area contributed by atoms with E-state index in [1.807, 2.05) is 140 Å². The van der Waals surface area contributed by atoms with Crippen LogP contribution in [-0.4, -0.2) is 72.2 Å². The minimum Gasteiger partial charge on any atom is -0.454 e. The molecule has 2 rings (SSSR count). The summed E-state index contributed by atoms with van der Waals surface area (Å²) in [7, 11) is 0. The average Bonchev–Trinajstić information content (AvgIpc) is 3.22. The lowest BCUT2D eigenvalue weighted by atomic mass is 9.71. The Morgan fingerprint density at radius 2 is 0.857 bits per heavy atom. The van der Waals surface area contributed by atoms with Gasteiger partial charge in [-0.3, -0.25) is 19.2 Å². The first-order chi connectivity index (χ1) is 32.4. The standard InChI is InChI=1S/C58H82N2O10/c1-39(25-19-27-41(3)31-33-45-43(5)51(63)47(37-57(45,13)14)67-49(61)29-21-35-59-53(65)69-55(7,8)9)23-17-18-24-40(2)26-20-28-42(4)32-34-46-44(6)52(64)48(38-58(46,15)16)68-50(62)30-22-36-60-54(66)70-56(10,11)12/h17-20,23-28,31-34,47-48H,21-22,29-30,35-38H2,1-16H3,(H,59,65)(H,60,66). The molecule has 0 spiro atoms. The number of alkyl carbamates (subject to hydrolysis) is 2. The Labute approximate surface area is 418 Å². The zero-order valence-electron chi connectivity index (χ0n) is 45.0. The van der Waals surface area contributed by atoms with E-state index in [4.69, 9.17) is 18.9 Å². The molecule has 0 heterocycles. The van der Waals surface area contributed by atoms with Crippen molar-refractivity contribution in [2.75, 3.05) is 13.1 Å². The number of hydrogen-bond acceptors (Lipinski definition) is 10. The van der Waals surface area contributed by atoms with Crippen molar-refractivity contribution in [3.8, 4) is 0 Å². The van der Waals surface area contributed by atoms with Crippen molar-refractivity contribution >= 4 is 35.7 Å². The molecule has 2 unspecified atom stereocenters. The van der Waals surface area contributed by atoms with Crippen molar-refractivity contribution in [1.82, 2.24) is 10.6 Å². The first kappa shape index (κ1) is 60.1. The fourth-order valence-electron chi connectivity index (χ4n) is 7.67. The van der Waals surface area contributed by atoms with Crippen LogP contribution in [0.15, 0.2) is 130 Å². The van der Waals surface area contributed by atoms with Gasteiger partial charge in [0, 0.05) is 38.8 Å². The molecule has 2 aliphatic rings. The third-order valence-electron chi connectivity index (χ3n) is 11.3. The number of nitrogens with one attached hydrogen (secondary N) is 2. The van der Waals surface area contributed by atoms with Crippen LogP contribution >= 0.6 is 0 Å². The van der Waals surface area contributed by atoms with Gasteiger partial charge in [-0.05, 0) is 129 Å². The van der Waals surface area contributed by atoms with E-state index in [-0.39, 0.29) is 37.5 Å². The number of hydrogen-bond donors (Lipinski definition) is 2. The largest absolute Gasteiger partial charge is 0.454 e. The van der Waals surface area contributed by atoms with Crippen LogP contribution in [0.25, 0.3) is 0 Å². The third kappa shape index (κ3) is 22.6. The first-order valence-electron chi connectivity index (χ1n) is 24.3. The van der Waals surface area contributed by atoms with Gasteiger partial charge in [0.1, 0.15) is 11.2 Å². The van der Waals surface area contributed by atoms with Gasteiger partial charge >= 0.3 is 24.1 Å². The molecule has 12 heteroatoms. The fraction of sp³-hybridized carbons (Fsp3) is 0.517. The molecule has 0 fully saturated rings. The van der Waals surface area contributed by atoms with Crippen molar-refractivity contribution in [2.45, 2.75) is 173 Å². The molecule has 384 valence electrons. The molecule has 0 aliphatic heterocycles. The van der Waals surface area contributed by atoms with Gasteiger partial charge in [-0.2, -0.15) is 0 Å². The number of carbonyl (C=O) groups excluding carboxylic acids is 6. The van der Waals surface area contributed by atoms with Gasteiger partial charge < -0.3 is 29.6 Å². The van der Waals surface area contributed by atoms with Gasteiger partial charge in [0.25, 0.3) is 0 Å². The number of rotatable bonds is 20. The molecule has 2 amide bonds. The van der Waals surface area contributed by atoms with Crippen LogP contribution in [0.1, 0.15) is 149 Å². The zero-order valence-corrected chi connectivity index (χ0v) is 45.0. The van der Waals surface area contributed by atoms with Crippen molar-refractivity contribution in [3.05, 3.63) is 130 Å². The molecule has 0 bridgehead atoms. The van der Waals surface area contributed by atoms with Gasteiger partial charge in [0.15, 0.2) is 23.8 Å². The fourth-order valence-corrected chi connectivity index (χ4v) is 7.67. The molecule has 2 aliphatic carbocycles. The van der Waals surface area contributed by atoms with Gasteiger partial charge in [0.05, 0.1) is 0 Å². The molecular formula is C58H82N2O10. The van der Waals surface area contributed by atoms with Gasteiger partial charge in [-0.25, -0.2) is 9.59 Å². The lowest BCUT2D eigenvalue weighted by Crippen LogP contribution is -2.39. The zero-order chi connectivity index (χ0) is 53.0. The summed E-state index contributed by atoms with van der Waals surface area (Å²) in [4.78, 5) is 75.4. The topological polar surface area (TPSA) is 163 Å². The van der Waals surface area contributed by atoms with E-state index < -0.39 is 58.4 Å². The van der Waals surface area contributed by atoms with Crippen molar-refractivity contribution in [1.29, 1.82) is 0 Å². The normalized spacial score (nSPS) is 19.8. The smallest absolute Gasteiger partial charge is 0.407 e. The number of ketones is 2. The summed E-state index contributed by atoms with van der Waals surface area (Å²) in [5, 5.41) is 5.25. The van der Waals surface area contributed by atoms with Crippen LogP contribution in [0.4, 0.5) is 9.59 Å². The second-order valence-corrected chi connectivity index (χ2v) is 21.4. The number of allylic oxidation sites excluding steroid dienone is 20. The van der Waals surface area contributed by atoms with Crippen molar-refractivity contribution in [3.63, 3.8) is 0 Å². The molecular weight excluding hydrogens is 885 g/mol. The number of carbonyl (C=O) groups is 6. The van der Waals surface area contributed by atoms with Gasteiger partial charge in [0.2, 0.25) is 0 Å². The number of ether oxygens (including phenoxy) is 4. The van der Waals surface area contributed by atoms with Crippen LogP contribution in [0.3, 0.4) is 0 Å². The lowest BCUT2D eigenvalue weighted by molar-refractivity contribution is -0.156. The third-order valence-corrected chi connectivity index (χ3v) is 11.3. The number of amides is 2. The van der Waals surface area contributed by atoms with E-state index in [9.17, 15) is 28.8 Å². The maximum atomic E-state index is 13.3. The second kappa shape index (κ2) is 27.4. The SMILES string of the molecule is CC(C=CC=C(C)C=CC1=C(C)C(=O)C(OC(=O)CCCNC(=O)OC(C)(C)C)CC1(C)C)=CC=CC=C(C)C=CC=C(C)C=CC1=C(C)C(=O)C(OC(=O)CCCNC(=O)OC(C)(C)C)CC1(C)C. The Morgan fingerprint density at radius 1 is 0.543 bits per heavy atom. The molecule has 0 radical (unpaired) electrons. The average molecular weight is 967 g/mol. The molecule has 0 aromatic heterocycles. The molecule has 12 nitrogen and oxygen atoms in total. The van der Waals surface area contributed by atoms with E-state index in [0.29, 0.717) is 36.8 Å². The van der Waals surface area contributed by atoms with Crippen LogP contribution in [0.5, 0.6) is 0 Å². The quantitative estimate of drug-likeness (QED) is 0.0519. The Hall–Kier alpha value is -6.04. The van der Waals surface area contributed by atoms with E-state index in [1.54, 1.807) is 55.4 Å². The minimum atomic E-state index is -0.850. The number of esters is 2. The summed E-state index contributed by atoms with van der Waals surface area (Å²) >= 11 is 0. The second-order valence-electron chi connectivity index (χ2n) is 21.4. The molecule has 0 aromatic rings. The van der Waals surface area contributed by atoms with Crippen molar-refractivity contribution in [2.24, 2.45) is 10.8 Å². The predicted molar refractivity (Wildman–Crippen MR) is 280 cm³/mol. The Morgan fingerprint density at radius 3 is 1.19 bits per heavy atom. The maximum absolute atomic E-state index is 13.3.